The fourth-order valence-electron chi connectivity index (χ4n) is 2.49. The maximum Gasteiger partial charge on any atom is 0.253 e. The molecule has 0 aliphatic carbocycles. The van der Waals surface area contributed by atoms with E-state index in [4.69, 9.17) is 0 Å². The van der Waals surface area contributed by atoms with Crippen LogP contribution in [0.15, 0.2) is 28.5 Å². The van der Waals surface area contributed by atoms with Crippen LogP contribution in [0.5, 0.6) is 0 Å². The lowest BCUT2D eigenvalue weighted by molar-refractivity contribution is 0.0786. The summed E-state index contributed by atoms with van der Waals surface area (Å²) in [6.07, 6.45) is 0. The summed E-state index contributed by atoms with van der Waals surface area (Å²) in [6, 6.07) is 5.26. The van der Waals surface area contributed by atoms with Crippen molar-refractivity contribution in [1.29, 1.82) is 0 Å². The average Bonchev–Trinajstić information content (AvgIpc) is 2.93. The summed E-state index contributed by atoms with van der Waals surface area (Å²) in [5.41, 5.74) is 3.00. The summed E-state index contributed by atoms with van der Waals surface area (Å²) in [5.74, 6) is -0.189. The molecule has 0 unspecified atom stereocenters. The number of rotatable bonds is 5. The van der Waals surface area contributed by atoms with E-state index in [1.165, 1.54) is 24.5 Å². The van der Waals surface area contributed by atoms with Gasteiger partial charge in [0.2, 0.25) is 10.0 Å². The summed E-state index contributed by atoms with van der Waals surface area (Å²) in [5, 5.41) is 2.00. The van der Waals surface area contributed by atoms with Crippen molar-refractivity contribution in [3.63, 3.8) is 0 Å². The van der Waals surface area contributed by atoms with E-state index in [1.807, 2.05) is 25.3 Å². The van der Waals surface area contributed by atoms with E-state index in [0.717, 1.165) is 16.0 Å². The Hall–Kier alpha value is -1.70. The summed E-state index contributed by atoms with van der Waals surface area (Å²) in [4.78, 5) is 15.7. The Bertz CT molecular complexity index is 899. The third-order valence-electron chi connectivity index (χ3n) is 4.32. The van der Waals surface area contributed by atoms with Crippen LogP contribution < -0.4 is 0 Å². The molecule has 0 spiro atoms. The number of nitrogens with zero attached hydrogens (tertiary/aromatic N) is 2. The number of carbonyl (C=O) groups excluding carboxylic acids is 1. The Labute approximate surface area is 153 Å². The number of benzene rings is 1. The minimum atomic E-state index is -3.60. The second-order valence-corrected chi connectivity index (χ2v) is 9.51. The number of carbonyl (C=O) groups is 1. The van der Waals surface area contributed by atoms with Crippen LogP contribution in [-0.4, -0.2) is 44.7 Å². The van der Waals surface area contributed by atoms with Crippen LogP contribution >= 0.6 is 11.3 Å². The van der Waals surface area contributed by atoms with Gasteiger partial charge in [0.05, 0.1) is 11.4 Å². The molecule has 0 radical (unpaired) electrons. The van der Waals surface area contributed by atoms with Gasteiger partial charge < -0.3 is 4.90 Å². The number of sulfonamides is 1. The third-order valence-corrected chi connectivity index (χ3v) is 7.27. The summed E-state index contributed by atoms with van der Waals surface area (Å²) < 4.78 is 26.3. The van der Waals surface area contributed by atoms with Gasteiger partial charge in [-0.25, -0.2) is 12.7 Å². The van der Waals surface area contributed by atoms with Crippen LogP contribution in [0.25, 0.3) is 0 Å². The van der Waals surface area contributed by atoms with Crippen molar-refractivity contribution < 1.29 is 13.2 Å². The molecular formula is C18H24N2O3S2. The second-order valence-electron chi connectivity index (χ2n) is 6.39. The quantitative estimate of drug-likeness (QED) is 0.800. The zero-order valence-corrected chi connectivity index (χ0v) is 17.1. The van der Waals surface area contributed by atoms with E-state index in [-0.39, 0.29) is 10.8 Å². The molecule has 0 aliphatic rings. The zero-order chi connectivity index (χ0) is 18.9. The molecule has 0 bridgehead atoms. The highest BCUT2D eigenvalue weighted by molar-refractivity contribution is 7.89. The normalized spacial score (nSPS) is 11.8. The Kier molecular flexibility index (Phi) is 5.71. The van der Waals surface area contributed by atoms with Crippen LogP contribution in [0.1, 0.15) is 31.9 Å². The molecule has 1 aromatic carbocycles. The number of aryl methyl sites for hydroxylation is 2. The molecule has 5 nitrogen and oxygen atoms in total. The molecule has 25 heavy (non-hydrogen) atoms. The first-order chi connectivity index (χ1) is 11.6. The average molecular weight is 381 g/mol. The molecule has 0 aliphatic heterocycles. The number of hydrogen-bond donors (Lipinski definition) is 0. The van der Waals surface area contributed by atoms with Gasteiger partial charge in [0.1, 0.15) is 0 Å². The molecule has 1 aromatic heterocycles. The minimum absolute atomic E-state index is 0.182. The smallest absolute Gasteiger partial charge is 0.253 e. The molecule has 2 aromatic rings. The lowest BCUT2D eigenvalue weighted by Crippen LogP contribution is -2.27. The largest absolute Gasteiger partial charge is 0.337 e. The summed E-state index contributed by atoms with van der Waals surface area (Å²) >= 11 is 1.61. The highest BCUT2D eigenvalue weighted by Gasteiger charge is 2.24. The van der Waals surface area contributed by atoms with Gasteiger partial charge >= 0.3 is 0 Å². The first-order valence-corrected chi connectivity index (χ1v) is 10.2. The van der Waals surface area contributed by atoms with Crippen LogP contribution in [0.2, 0.25) is 0 Å². The topological polar surface area (TPSA) is 57.7 Å². The second kappa shape index (κ2) is 7.27. The van der Waals surface area contributed by atoms with E-state index in [2.05, 4.69) is 0 Å². The fourth-order valence-corrected chi connectivity index (χ4v) is 4.66. The fraction of sp³-hybridized carbons (Fsp3) is 0.389. The van der Waals surface area contributed by atoms with Gasteiger partial charge in [0, 0.05) is 31.6 Å². The molecule has 7 heteroatoms. The molecule has 0 saturated heterocycles. The summed E-state index contributed by atoms with van der Waals surface area (Å²) in [7, 11) is 1.11. The highest BCUT2D eigenvalue weighted by Crippen LogP contribution is 2.25. The monoisotopic (exact) mass is 380 g/mol. The number of amides is 1. The highest BCUT2D eigenvalue weighted by atomic mass is 32.2. The standard InChI is InChI=1S/C18H24N2O3S2/c1-12-7-8-24-16(12)11-20(6)18(21)15-9-13(2)14(3)17(10-15)25(22,23)19(4)5/h7-10H,11H2,1-6H3. The molecule has 1 amide bonds. The first kappa shape index (κ1) is 19.6. The Morgan fingerprint density at radius 3 is 2.24 bits per heavy atom. The third kappa shape index (κ3) is 3.94. The number of thiophene rings is 1. The van der Waals surface area contributed by atoms with Crippen molar-refractivity contribution in [2.45, 2.75) is 32.2 Å². The predicted molar refractivity (Wildman–Crippen MR) is 102 cm³/mol. The molecule has 136 valence electrons. The minimum Gasteiger partial charge on any atom is -0.337 e. The van der Waals surface area contributed by atoms with Gasteiger partial charge in [0.25, 0.3) is 5.91 Å². The van der Waals surface area contributed by atoms with Crippen molar-refractivity contribution in [1.82, 2.24) is 9.21 Å². The Balaban J connectivity index is 2.41. The SMILES string of the molecule is Cc1ccsc1CN(C)C(=O)c1cc(C)c(C)c(S(=O)(=O)N(C)C)c1. The van der Waals surface area contributed by atoms with Gasteiger partial charge in [0.15, 0.2) is 0 Å². The maximum atomic E-state index is 12.8. The van der Waals surface area contributed by atoms with Crippen molar-refractivity contribution in [2.75, 3.05) is 21.1 Å². The maximum absolute atomic E-state index is 12.8. The van der Waals surface area contributed by atoms with Crippen LogP contribution in [0.4, 0.5) is 0 Å². The van der Waals surface area contributed by atoms with E-state index < -0.39 is 10.0 Å². The van der Waals surface area contributed by atoms with Crippen LogP contribution in [0, 0.1) is 20.8 Å². The van der Waals surface area contributed by atoms with Crippen molar-refractivity contribution >= 4 is 27.3 Å². The van der Waals surface area contributed by atoms with Gasteiger partial charge in [-0.15, -0.1) is 11.3 Å². The van der Waals surface area contributed by atoms with Crippen molar-refractivity contribution in [3.05, 3.63) is 50.7 Å². The molecule has 0 atom stereocenters. The predicted octanol–water partition coefficient (Wildman–Crippen LogP) is 3.20. The molecular weight excluding hydrogens is 356 g/mol. The molecule has 1 heterocycles. The van der Waals surface area contributed by atoms with Crippen molar-refractivity contribution in [2.24, 2.45) is 0 Å². The first-order valence-electron chi connectivity index (χ1n) is 7.88. The van der Waals surface area contributed by atoms with Gasteiger partial charge in [-0.1, -0.05) is 0 Å². The molecule has 2 rings (SSSR count). The Morgan fingerprint density at radius 2 is 1.72 bits per heavy atom. The zero-order valence-electron chi connectivity index (χ0n) is 15.5. The molecule has 0 N–H and O–H groups in total. The Morgan fingerprint density at radius 1 is 1.08 bits per heavy atom. The lowest BCUT2D eigenvalue weighted by atomic mass is 10.1. The van der Waals surface area contributed by atoms with Gasteiger partial charge in [-0.2, -0.15) is 0 Å². The van der Waals surface area contributed by atoms with Gasteiger partial charge in [-0.3, -0.25) is 4.79 Å². The molecule has 0 fully saturated rings. The van der Waals surface area contributed by atoms with Crippen molar-refractivity contribution in [3.8, 4) is 0 Å². The lowest BCUT2D eigenvalue weighted by Gasteiger charge is -2.20. The van der Waals surface area contributed by atoms with Gasteiger partial charge in [-0.05, 0) is 61.0 Å². The van der Waals surface area contributed by atoms with Crippen LogP contribution in [-0.2, 0) is 16.6 Å². The summed E-state index contributed by atoms with van der Waals surface area (Å²) in [6.45, 7) is 6.11. The van der Waals surface area contributed by atoms with Crippen LogP contribution in [0.3, 0.4) is 0 Å². The number of hydrogen-bond acceptors (Lipinski definition) is 4. The van der Waals surface area contributed by atoms with E-state index in [0.29, 0.717) is 17.7 Å². The molecule has 0 saturated carbocycles. The van der Waals surface area contributed by atoms with E-state index in [9.17, 15) is 13.2 Å². The van der Waals surface area contributed by atoms with E-state index in [1.54, 1.807) is 36.3 Å². The van der Waals surface area contributed by atoms with E-state index >= 15 is 0 Å².